The Morgan fingerprint density at radius 3 is 2.67 bits per heavy atom. The van der Waals surface area contributed by atoms with Gasteiger partial charge in [-0.05, 0) is 24.3 Å². The van der Waals surface area contributed by atoms with Crippen LogP contribution in [-0.2, 0) is 6.54 Å². The van der Waals surface area contributed by atoms with E-state index in [1.54, 1.807) is 24.7 Å². The van der Waals surface area contributed by atoms with Gasteiger partial charge in [-0.1, -0.05) is 0 Å². The Kier molecular flexibility index (Phi) is 5.20. The molecule has 0 spiro atoms. The van der Waals surface area contributed by atoms with Gasteiger partial charge in [0, 0.05) is 12.4 Å². The van der Waals surface area contributed by atoms with Gasteiger partial charge in [0.15, 0.2) is 0 Å². The predicted octanol–water partition coefficient (Wildman–Crippen LogP) is -1.22. The maximum Gasteiger partial charge on any atom is 1.00 e. The van der Waals surface area contributed by atoms with Crippen molar-refractivity contribution in [2.24, 2.45) is 0 Å². The van der Waals surface area contributed by atoms with Crippen molar-refractivity contribution < 1.29 is 28.5 Å². The fourth-order valence-corrected chi connectivity index (χ4v) is 1.38. The summed E-state index contributed by atoms with van der Waals surface area (Å²) in [4.78, 5) is 14.6. The lowest BCUT2D eigenvalue weighted by molar-refractivity contribution is -0.0000196. The fourth-order valence-electron chi connectivity index (χ4n) is 1.38. The number of imidazole rings is 1. The average molecular weight is 269 g/mol. The molecule has 1 heterocycles. The Morgan fingerprint density at radius 1 is 1.39 bits per heavy atom. The van der Waals surface area contributed by atoms with Crippen LogP contribution in [0.25, 0.3) is 0 Å². The highest BCUT2D eigenvalue weighted by molar-refractivity contribution is 5.87. The molecule has 0 unspecified atom stereocenters. The number of aromatic carboxylic acids is 1. The van der Waals surface area contributed by atoms with Gasteiger partial charge in [-0.15, -0.1) is 0 Å². The Hall–Kier alpha value is -2.01. The molecule has 0 aliphatic rings. The van der Waals surface area contributed by atoms with Crippen LogP contribution in [0.4, 0.5) is 0 Å². The lowest BCUT2D eigenvalue weighted by atomic mass is 10.2. The van der Waals surface area contributed by atoms with Crippen LogP contribution in [0.1, 0.15) is 11.8 Å². The summed E-state index contributed by atoms with van der Waals surface area (Å²) >= 11 is 0. The highest BCUT2D eigenvalue weighted by Crippen LogP contribution is 2.12. The molecule has 0 saturated carbocycles. The summed E-state index contributed by atoms with van der Waals surface area (Å²) in [6.45, 7) is 1.23. The summed E-state index contributed by atoms with van der Waals surface area (Å²) in [7, 11) is 0. The van der Waals surface area contributed by atoms with E-state index >= 15 is 0 Å². The maximum absolute atomic E-state index is 10.6. The third kappa shape index (κ3) is 3.78. The van der Waals surface area contributed by atoms with E-state index in [0.717, 1.165) is 0 Å². The Labute approximate surface area is 112 Å². The lowest BCUT2D eigenvalue weighted by Crippen LogP contribution is -3.00. The first kappa shape index (κ1) is 14.1. The minimum absolute atomic E-state index is 0. The summed E-state index contributed by atoms with van der Waals surface area (Å²) in [5, 5.41) is 8.73. The van der Waals surface area contributed by atoms with Gasteiger partial charge in [0.25, 0.3) is 0 Å². The molecule has 0 radical (unpaired) electrons. The number of ether oxygens (including phenoxy) is 1. The molecule has 0 atom stereocenters. The third-order valence-electron chi connectivity index (χ3n) is 2.28. The summed E-state index contributed by atoms with van der Waals surface area (Å²) in [5.41, 5.74) is 0.256. The topological polar surface area (TPSA) is 64.3 Å². The molecule has 0 aliphatic carbocycles. The first-order chi connectivity index (χ1) is 8.25. The zero-order chi connectivity index (χ0) is 12.1. The van der Waals surface area contributed by atoms with Crippen LogP contribution in [0.5, 0.6) is 5.75 Å². The van der Waals surface area contributed by atoms with Crippen molar-refractivity contribution in [1.29, 1.82) is 0 Å². The van der Waals surface area contributed by atoms with Crippen molar-refractivity contribution in [1.82, 2.24) is 9.55 Å². The monoisotopic (exact) mass is 268 g/mol. The predicted molar refractivity (Wildman–Crippen MR) is 62.2 cm³/mol. The summed E-state index contributed by atoms with van der Waals surface area (Å²) in [5.74, 6) is -0.273. The molecular formula is C12H13ClN2O3. The number of benzene rings is 1. The number of halogens is 1. The first-order valence-electron chi connectivity index (χ1n) is 5.17. The van der Waals surface area contributed by atoms with Crippen LogP contribution in [0, 0.1) is 0 Å². The van der Waals surface area contributed by atoms with Crippen molar-refractivity contribution in [3.8, 4) is 5.75 Å². The number of carboxylic acids is 1. The number of aromatic nitrogens is 2. The summed E-state index contributed by atoms with van der Waals surface area (Å²) in [6.07, 6.45) is 5.29. The molecule has 2 rings (SSSR count). The second-order valence-corrected chi connectivity index (χ2v) is 3.48. The Morgan fingerprint density at radius 2 is 2.11 bits per heavy atom. The van der Waals surface area contributed by atoms with E-state index in [1.165, 1.54) is 12.1 Å². The molecule has 18 heavy (non-hydrogen) atoms. The molecule has 0 aliphatic heterocycles. The maximum atomic E-state index is 10.6. The molecule has 2 aromatic rings. The third-order valence-corrected chi connectivity index (χ3v) is 2.28. The van der Waals surface area contributed by atoms with E-state index in [0.29, 0.717) is 18.9 Å². The van der Waals surface area contributed by atoms with Gasteiger partial charge in [-0.25, -0.2) is 9.78 Å². The van der Waals surface area contributed by atoms with Crippen LogP contribution >= 0.6 is 0 Å². The second-order valence-electron chi connectivity index (χ2n) is 3.48. The standard InChI is InChI=1S/C12H12N2O3.ClH/c15-12(16)10-1-3-11(4-2-10)17-8-7-14-6-5-13-9-14;/h1-6,9H,7-8H2,(H,15,16);1H. The zero-order valence-corrected chi connectivity index (χ0v) is 10.2. The normalized spacial score (nSPS) is 9.56. The number of hydrogen-bond acceptors (Lipinski definition) is 3. The van der Waals surface area contributed by atoms with Crippen molar-refractivity contribution in [3.05, 3.63) is 48.5 Å². The van der Waals surface area contributed by atoms with Crippen molar-refractivity contribution >= 4 is 5.97 Å². The van der Waals surface area contributed by atoms with E-state index in [1.807, 2.05) is 10.8 Å². The van der Waals surface area contributed by atoms with Crippen LogP contribution in [0.3, 0.4) is 0 Å². The molecule has 96 valence electrons. The average Bonchev–Trinajstić information content (AvgIpc) is 2.83. The van der Waals surface area contributed by atoms with E-state index in [9.17, 15) is 4.79 Å². The Bertz CT molecular complexity index is 488. The fraction of sp³-hybridized carbons (Fsp3) is 0.167. The van der Waals surface area contributed by atoms with Gasteiger partial charge in [0.2, 0.25) is 0 Å². The quantitative estimate of drug-likeness (QED) is 0.738. The number of hydrogen-bond donors (Lipinski definition) is 1. The molecule has 1 aromatic carbocycles. The van der Waals surface area contributed by atoms with Gasteiger partial charge in [-0.2, -0.15) is 0 Å². The van der Waals surface area contributed by atoms with Crippen LogP contribution in [-0.4, -0.2) is 27.2 Å². The first-order valence-corrected chi connectivity index (χ1v) is 5.17. The molecular weight excluding hydrogens is 256 g/mol. The van der Waals surface area contributed by atoms with E-state index in [2.05, 4.69) is 4.98 Å². The smallest absolute Gasteiger partial charge is 1.00 e. The Balaban J connectivity index is 0.00000162. The molecule has 6 heteroatoms. The van der Waals surface area contributed by atoms with Gasteiger partial charge in [-0.3, -0.25) is 0 Å². The minimum atomic E-state index is -0.935. The number of carbonyl (C=O) groups is 1. The van der Waals surface area contributed by atoms with E-state index in [4.69, 9.17) is 9.84 Å². The SMILES string of the molecule is O=C(O)c1ccc(OCCn2ccnc2)cc1.[Cl-].[H+]. The van der Waals surface area contributed by atoms with Gasteiger partial charge >= 0.3 is 7.40 Å². The second kappa shape index (κ2) is 6.66. The highest BCUT2D eigenvalue weighted by atomic mass is 35.5. The zero-order valence-electron chi connectivity index (χ0n) is 10.5. The molecule has 0 amide bonds. The molecule has 5 nitrogen and oxygen atoms in total. The van der Waals surface area contributed by atoms with Crippen LogP contribution in [0.2, 0.25) is 0 Å². The number of carboxylic acid groups (broad SMARTS) is 1. The number of nitrogens with zero attached hydrogens (tertiary/aromatic N) is 2. The minimum Gasteiger partial charge on any atom is -1.00 e. The number of rotatable bonds is 5. The van der Waals surface area contributed by atoms with Crippen molar-refractivity contribution in [2.75, 3.05) is 6.61 Å². The van der Waals surface area contributed by atoms with Gasteiger partial charge in [0.05, 0.1) is 18.4 Å². The van der Waals surface area contributed by atoms with E-state index < -0.39 is 5.97 Å². The molecule has 0 saturated heterocycles. The summed E-state index contributed by atoms with van der Waals surface area (Å²) in [6, 6.07) is 6.35. The van der Waals surface area contributed by atoms with Gasteiger partial charge < -0.3 is 26.8 Å². The molecule has 1 aromatic heterocycles. The van der Waals surface area contributed by atoms with E-state index in [-0.39, 0.29) is 19.4 Å². The summed E-state index contributed by atoms with van der Waals surface area (Å²) < 4.78 is 7.38. The molecule has 0 bridgehead atoms. The lowest BCUT2D eigenvalue weighted by Gasteiger charge is -2.06. The molecule has 0 fully saturated rings. The van der Waals surface area contributed by atoms with Gasteiger partial charge in [0.1, 0.15) is 12.4 Å². The van der Waals surface area contributed by atoms with Crippen molar-refractivity contribution in [3.63, 3.8) is 0 Å². The van der Waals surface area contributed by atoms with Crippen molar-refractivity contribution in [2.45, 2.75) is 6.54 Å². The van der Waals surface area contributed by atoms with Crippen LogP contribution in [0.15, 0.2) is 43.0 Å². The highest BCUT2D eigenvalue weighted by Gasteiger charge is 2.01. The molecule has 1 N–H and O–H groups in total. The van der Waals surface area contributed by atoms with Crippen LogP contribution < -0.4 is 17.1 Å². The largest absolute Gasteiger partial charge is 1.00 e.